The van der Waals surface area contributed by atoms with Gasteiger partial charge in [0, 0.05) is 6.42 Å². The number of ether oxygens (including phenoxy) is 1. The van der Waals surface area contributed by atoms with Crippen molar-refractivity contribution in [3.05, 3.63) is 12.8 Å². The highest BCUT2D eigenvalue weighted by Crippen LogP contribution is 1.98. The summed E-state index contributed by atoms with van der Waals surface area (Å²) in [5.41, 5.74) is 0. The van der Waals surface area contributed by atoms with E-state index in [1.165, 1.54) is 6.26 Å². The second-order valence-corrected chi connectivity index (χ2v) is 1.64. The van der Waals surface area contributed by atoms with E-state index in [0.717, 1.165) is 0 Å². The van der Waals surface area contributed by atoms with Gasteiger partial charge in [-0.2, -0.15) is 10.5 Å². The van der Waals surface area contributed by atoms with E-state index in [1.54, 1.807) is 0 Å². The van der Waals surface area contributed by atoms with E-state index in [2.05, 4.69) is 6.58 Å². The standard InChI is InChI=1S/C7H8N2O/c1-2-10-4-3-7(5-8)6-9/h2,7H,1,3-4H2. The van der Waals surface area contributed by atoms with E-state index in [-0.39, 0.29) is 0 Å². The molecule has 3 heteroatoms. The van der Waals surface area contributed by atoms with Crippen molar-refractivity contribution in [3.63, 3.8) is 0 Å². The molecular weight excluding hydrogens is 128 g/mol. The van der Waals surface area contributed by atoms with Gasteiger partial charge < -0.3 is 4.74 Å². The van der Waals surface area contributed by atoms with Crippen molar-refractivity contribution in [1.29, 1.82) is 10.5 Å². The second-order valence-electron chi connectivity index (χ2n) is 1.64. The van der Waals surface area contributed by atoms with Gasteiger partial charge in [-0.1, -0.05) is 6.58 Å². The van der Waals surface area contributed by atoms with Gasteiger partial charge in [0.15, 0.2) is 0 Å². The molecule has 0 aromatic carbocycles. The molecule has 10 heavy (non-hydrogen) atoms. The van der Waals surface area contributed by atoms with Crippen LogP contribution in [0, 0.1) is 28.6 Å². The third-order valence-corrected chi connectivity index (χ3v) is 0.954. The van der Waals surface area contributed by atoms with E-state index in [4.69, 9.17) is 15.3 Å². The lowest BCUT2D eigenvalue weighted by atomic mass is 10.1. The average molecular weight is 136 g/mol. The third kappa shape index (κ3) is 3.51. The maximum absolute atomic E-state index is 8.27. The van der Waals surface area contributed by atoms with Crippen LogP contribution in [0.4, 0.5) is 0 Å². The van der Waals surface area contributed by atoms with E-state index in [1.807, 2.05) is 12.1 Å². The molecule has 0 aliphatic rings. The molecule has 0 amide bonds. The van der Waals surface area contributed by atoms with Crippen LogP contribution in [-0.4, -0.2) is 6.61 Å². The maximum Gasteiger partial charge on any atom is 0.136 e. The van der Waals surface area contributed by atoms with Gasteiger partial charge in [-0.15, -0.1) is 0 Å². The summed E-state index contributed by atoms with van der Waals surface area (Å²) in [7, 11) is 0. The van der Waals surface area contributed by atoms with Gasteiger partial charge in [-0.25, -0.2) is 0 Å². The Morgan fingerprint density at radius 3 is 2.50 bits per heavy atom. The van der Waals surface area contributed by atoms with Crippen LogP contribution < -0.4 is 0 Å². The van der Waals surface area contributed by atoms with Crippen molar-refractivity contribution in [2.45, 2.75) is 6.42 Å². The van der Waals surface area contributed by atoms with Crippen molar-refractivity contribution >= 4 is 0 Å². The zero-order valence-corrected chi connectivity index (χ0v) is 5.58. The zero-order valence-electron chi connectivity index (χ0n) is 5.58. The largest absolute Gasteiger partial charge is 0.502 e. The van der Waals surface area contributed by atoms with E-state index < -0.39 is 5.92 Å². The summed E-state index contributed by atoms with van der Waals surface area (Å²) in [5, 5.41) is 16.5. The van der Waals surface area contributed by atoms with Crippen molar-refractivity contribution < 1.29 is 4.74 Å². The molecule has 0 aliphatic heterocycles. The fourth-order valence-electron chi connectivity index (χ4n) is 0.427. The minimum Gasteiger partial charge on any atom is -0.502 e. The molecule has 0 rings (SSSR count). The first-order chi connectivity index (χ1) is 4.85. The van der Waals surface area contributed by atoms with Gasteiger partial charge in [-0.05, 0) is 0 Å². The highest BCUT2D eigenvalue weighted by molar-refractivity contribution is 4.98. The van der Waals surface area contributed by atoms with Crippen LogP contribution in [0.2, 0.25) is 0 Å². The number of hydrogen-bond donors (Lipinski definition) is 0. The van der Waals surface area contributed by atoms with Crippen LogP contribution in [0.1, 0.15) is 6.42 Å². The highest BCUT2D eigenvalue weighted by Gasteiger charge is 2.02. The Kier molecular flexibility index (Phi) is 4.82. The Balaban J connectivity index is 3.40. The Morgan fingerprint density at radius 1 is 1.50 bits per heavy atom. The molecule has 0 fully saturated rings. The molecule has 0 bridgehead atoms. The SMILES string of the molecule is C=COCCC(C#N)C#N. The topological polar surface area (TPSA) is 56.8 Å². The minimum absolute atomic E-state index is 0.384. The van der Waals surface area contributed by atoms with E-state index in [0.29, 0.717) is 13.0 Å². The first-order valence-corrected chi connectivity index (χ1v) is 2.87. The molecule has 0 aromatic heterocycles. The molecule has 0 radical (unpaired) electrons. The number of rotatable bonds is 4. The number of nitrogens with zero attached hydrogens (tertiary/aromatic N) is 2. The van der Waals surface area contributed by atoms with Crippen molar-refractivity contribution in [2.75, 3.05) is 6.61 Å². The van der Waals surface area contributed by atoms with Crippen LogP contribution in [-0.2, 0) is 4.74 Å². The highest BCUT2D eigenvalue weighted by atomic mass is 16.5. The fourth-order valence-corrected chi connectivity index (χ4v) is 0.427. The molecule has 52 valence electrons. The average Bonchev–Trinajstić information content (AvgIpc) is 1.99. The van der Waals surface area contributed by atoms with Gasteiger partial charge in [0.2, 0.25) is 0 Å². The summed E-state index contributed by atoms with van der Waals surface area (Å²) in [6, 6.07) is 3.67. The lowest BCUT2D eigenvalue weighted by molar-refractivity contribution is 0.240. The summed E-state index contributed by atoms with van der Waals surface area (Å²) in [5.74, 6) is -0.556. The van der Waals surface area contributed by atoms with Gasteiger partial charge in [0.25, 0.3) is 0 Å². The second kappa shape index (κ2) is 5.65. The Morgan fingerprint density at radius 2 is 2.10 bits per heavy atom. The molecule has 0 N–H and O–H groups in total. The van der Waals surface area contributed by atoms with E-state index in [9.17, 15) is 0 Å². The van der Waals surface area contributed by atoms with Crippen LogP contribution in [0.3, 0.4) is 0 Å². The Bertz CT molecular complexity index is 161. The predicted molar refractivity (Wildman–Crippen MR) is 35.5 cm³/mol. The van der Waals surface area contributed by atoms with Crippen LogP contribution in [0.5, 0.6) is 0 Å². The normalized spacial score (nSPS) is 7.90. The molecule has 0 atom stereocenters. The molecular formula is C7H8N2O. The lowest BCUT2D eigenvalue weighted by Gasteiger charge is -1.98. The van der Waals surface area contributed by atoms with Gasteiger partial charge in [-0.3, -0.25) is 0 Å². The Labute approximate surface area is 60.1 Å². The van der Waals surface area contributed by atoms with Crippen LogP contribution >= 0.6 is 0 Å². The zero-order chi connectivity index (χ0) is 7.82. The first kappa shape index (κ1) is 8.52. The Hall–Kier alpha value is -1.48. The van der Waals surface area contributed by atoms with Crippen LogP contribution in [0.15, 0.2) is 12.8 Å². The number of nitriles is 2. The van der Waals surface area contributed by atoms with E-state index >= 15 is 0 Å². The minimum atomic E-state index is -0.556. The molecule has 0 aromatic rings. The summed E-state index contributed by atoms with van der Waals surface area (Å²) in [6.07, 6.45) is 1.74. The van der Waals surface area contributed by atoms with Crippen LogP contribution in [0.25, 0.3) is 0 Å². The first-order valence-electron chi connectivity index (χ1n) is 2.87. The molecule has 3 nitrogen and oxygen atoms in total. The summed E-state index contributed by atoms with van der Waals surface area (Å²) < 4.78 is 4.73. The summed E-state index contributed by atoms with van der Waals surface area (Å²) >= 11 is 0. The van der Waals surface area contributed by atoms with Gasteiger partial charge in [0.1, 0.15) is 5.92 Å². The predicted octanol–water partition coefficient (Wildman–Crippen LogP) is 1.20. The monoisotopic (exact) mass is 136 g/mol. The quantitative estimate of drug-likeness (QED) is 0.431. The fraction of sp³-hybridized carbons (Fsp3) is 0.429. The number of hydrogen-bond acceptors (Lipinski definition) is 3. The van der Waals surface area contributed by atoms with Crippen molar-refractivity contribution in [1.82, 2.24) is 0 Å². The van der Waals surface area contributed by atoms with Crippen molar-refractivity contribution in [2.24, 2.45) is 5.92 Å². The van der Waals surface area contributed by atoms with Gasteiger partial charge >= 0.3 is 0 Å². The van der Waals surface area contributed by atoms with Gasteiger partial charge in [0.05, 0.1) is 25.0 Å². The third-order valence-electron chi connectivity index (χ3n) is 0.954. The molecule has 0 unspecified atom stereocenters. The molecule has 0 aliphatic carbocycles. The summed E-state index contributed by atoms with van der Waals surface area (Å²) in [4.78, 5) is 0. The molecule has 0 heterocycles. The lowest BCUT2D eigenvalue weighted by Crippen LogP contribution is -1.97. The maximum atomic E-state index is 8.27. The smallest absolute Gasteiger partial charge is 0.136 e. The van der Waals surface area contributed by atoms with Crippen molar-refractivity contribution in [3.8, 4) is 12.1 Å². The summed E-state index contributed by atoms with van der Waals surface area (Å²) in [6.45, 7) is 3.71. The molecule has 0 spiro atoms. The molecule has 0 saturated heterocycles. The molecule has 0 saturated carbocycles.